The molecule has 0 unspecified atom stereocenters. The molecule has 0 atom stereocenters. The van der Waals surface area contributed by atoms with E-state index in [1.54, 1.807) is 0 Å². The van der Waals surface area contributed by atoms with Gasteiger partial charge in [-0.2, -0.15) is 0 Å². The summed E-state index contributed by atoms with van der Waals surface area (Å²) >= 11 is 6.08. The number of nitrogens with one attached hydrogen (secondary N) is 1. The van der Waals surface area contributed by atoms with Gasteiger partial charge >= 0.3 is 0 Å². The van der Waals surface area contributed by atoms with Crippen molar-refractivity contribution in [2.24, 2.45) is 0 Å². The molecule has 1 N–H and O–H groups in total. The molecule has 0 saturated carbocycles. The lowest BCUT2D eigenvalue weighted by atomic mass is 10.1. The van der Waals surface area contributed by atoms with Crippen LogP contribution in [0.5, 0.6) is 0 Å². The van der Waals surface area contributed by atoms with Gasteiger partial charge in [-0.25, -0.2) is 0 Å². The number of rotatable bonds is 1. The van der Waals surface area contributed by atoms with Gasteiger partial charge < -0.3 is 5.32 Å². The van der Waals surface area contributed by atoms with E-state index in [-0.39, 0.29) is 0 Å². The van der Waals surface area contributed by atoms with Gasteiger partial charge in [0.15, 0.2) is 0 Å². The third kappa shape index (κ3) is 1.65. The van der Waals surface area contributed by atoms with E-state index in [4.69, 9.17) is 11.6 Å². The highest BCUT2D eigenvalue weighted by Gasteiger charge is 2.07. The van der Waals surface area contributed by atoms with Crippen LogP contribution in [-0.4, -0.2) is 12.0 Å². The van der Waals surface area contributed by atoms with E-state index in [0.29, 0.717) is 0 Å². The molecule has 0 fully saturated rings. The lowest BCUT2D eigenvalue weighted by Gasteiger charge is -2.09. The number of hydrogen-bond donors (Lipinski definition) is 1. The monoisotopic (exact) mass is 220 g/mol. The minimum absolute atomic E-state index is 0.766. The summed E-state index contributed by atoms with van der Waals surface area (Å²) in [6.45, 7) is 3.98. The van der Waals surface area contributed by atoms with Crippen LogP contribution in [0, 0.1) is 13.8 Å². The van der Waals surface area contributed by atoms with Gasteiger partial charge in [-0.05, 0) is 37.6 Å². The molecule has 1 aromatic heterocycles. The Labute approximate surface area is 94.3 Å². The highest BCUT2D eigenvalue weighted by atomic mass is 35.5. The maximum absolute atomic E-state index is 6.08. The Hall–Kier alpha value is -1.28. The van der Waals surface area contributed by atoms with Crippen molar-refractivity contribution in [2.75, 3.05) is 12.4 Å². The highest BCUT2D eigenvalue weighted by Crippen LogP contribution is 2.29. The van der Waals surface area contributed by atoms with Crippen molar-refractivity contribution in [3.8, 4) is 0 Å². The predicted octanol–water partition coefficient (Wildman–Crippen LogP) is 3.55. The number of benzene rings is 1. The largest absolute Gasteiger partial charge is 0.388 e. The van der Waals surface area contributed by atoms with Crippen LogP contribution in [0.15, 0.2) is 18.2 Å². The first-order valence-corrected chi connectivity index (χ1v) is 5.25. The maximum Gasteiger partial charge on any atom is 0.0769 e. The molecule has 2 aromatic rings. The van der Waals surface area contributed by atoms with Gasteiger partial charge in [-0.15, -0.1) is 0 Å². The molecular formula is C12H13ClN2. The first-order valence-electron chi connectivity index (χ1n) is 4.87. The van der Waals surface area contributed by atoms with E-state index in [2.05, 4.69) is 10.3 Å². The molecule has 0 bridgehead atoms. The molecule has 0 radical (unpaired) electrons. The van der Waals surface area contributed by atoms with E-state index in [1.807, 2.05) is 39.1 Å². The molecular weight excluding hydrogens is 208 g/mol. The fraction of sp³-hybridized carbons (Fsp3) is 0.250. The number of hydrogen-bond acceptors (Lipinski definition) is 2. The van der Waals surface area contributed by atoms with Crippen molar-refractivity contribution < 1.29 is 0 Å². The van der Waals surface area contributed by atoms with Crippen LogP contribution in [0.2, 0.25) is 5.02 Å². The van der Waals surface area contributed by atoms with Gasteiger partial charge in [0.05, 0.1) is 5.52 Å². The number of anilines is 1. The average molecular weight is 221 g/mol. The second-order valence-corrected chi connectivity index (χ2v) is 4.04. The van der Waals surface area contributed by atoms with Gasteiger partial charge in [0.25, 0.3) is 0 Å². The molecule has 0 amide bonds. The molecule has 1 aromatic carbocycles. The lowest BCUT2D eigenvalue weighted by Crippen LogP contribution is -1.95. The van der Waals surface area contributed by atoms with E-state index >= 15 is 0 Å². The number of aryl methyl sites for hydroxylation is 2. The summed E-state index contributed by atoms with van der Waals surface area (Å²) in [5.41, 5.74) is 4.11. The van der Waals surface area contributed by atoms with Crippen LogP contribution in [0.4, 0.5) is 5.69 Å². The Morgan fingerprint density at radius 2 is 2.00 bits per heavy atom. The fourth-order valence-electron chi connectivity index (χ4n) is 1.74. The Morgan fingerprint density at radius 1 is 1.27 bits per heavy atom. The lowest BCUT2D eigenvalue weighted by molar-refractivity contribution is 1.24. The van der Waals surface area contributed by atoms with Crippen LogP contribution in [-0.2, 0) is 0 Å². The van der Waals surface area contributed by atoms with Crippen LogP contribution in [0.25, 0.3) is 10.9 Å². The Morgan fingerprint density at radius 3 is 2.67 bits per heavy atom. The molecule has 3 heteroatoms. The number of fused-ring (bicyclic) bond motifs is 1. The quantitative estimate of drug-likeness (QED) is 0.795. The van der Waals surface area contributed by atoms with Crippen molar-refractivity contribution in [1.82, 2.24) is 4.98 Å². The van der Waals surface area contributed by atoms with Gasteiger partial charge in [0, 0.05) is 28.8 Å². The van der Waals surface area contributed by atoms with Crippen LogP contribution in [0.1, 0.15) is 11.3 Å². The van der Waals surface area contributed by atoms with E-state index in [1.165, 1.54) is 0 Å². The molecule has 0 aliphatic heterocycles. The second-order valence-electron chi connectivity index (χ2n) is 3.63. The summed E-state index contributed by atoms with van der Waals surface area (Å²) in [6, 6.07) is 5.95. The first-order chi connectivity index (χ1) is 7.13. The van der Waals surface area contributed by atoms with Crippen molar-refractivity contribution in [3.05, 3.63) is 34.5 Å². The molecule has 2 rings (SSSR count). The van der Waals surface area contributed by atoms with Crippen LogP contribution < -0.4 is 5.32 Å². The number of nitrogens with zero attached hydrogens (tertiary/aromatic N) is 1. The van der Waals surface area contributed by atoms with E-state index < -0.39 is 0 Å². The smallest absolute Gasteiger partial charge is 0.0769 e. The SMILES string of the molecule is CNc1cc(C)nc2c(C)c(Cl)ccc12. The molecule has 0 spiro atoms. The van der Waals surface area contributed by atoms with Gasteiger partial charge in [0.2, 0.25) is 0 Å². The Bertz CT molecular complexity index is 521. The van der Waals surface area contributed by atoms with Crippen LogP contribution in [0.3, 0.4) is 0 Å². The zero-order chi connectivity index (χ0) is 11.0. The van der Waals surface area contributed by atoms with Crippen molar-refractivity contribution in [1.29, 1.82) is 0 Å². The summed E-state index contributed by atoms with van der Waals surface area (Å²) < 4.78 is 0. The molecule has 0 saturated heterocycles. The summed E-state index contributed by atoms with van der Waals surface area (Å²) in [4.78, 5) is 4.52. The molecule has 0 aliphatic rings. The molecule has 1 heterocycles. The zero-order valence-corrected chi connectivity index (χ0v) is 9.81. The summed E-state index contributed by atoms with van der Waals surface area (Å²) in [6.07, 6.45) is 0. The van der Waals surface area contributed by atoms with Crippen LogP contribution >= 0.6 is 11.6 Å². The van der Waals surface area contributed by atoms with Gasteiger partial charge in [0.1, 0.15) is 0 Å². The Kier molecular flexibility index (Phi) is 2.53. The van der Waals surface area contributed by atoms with E-state index in [9.17, 15) is 0 Å². The normalized spacial score (nSPS) is 10.7. The maximum atomic E-state index is 6.08. The molecule has 78 valence electrons. The topological polar surface area (TPSA) is 24.9 Å². The van der Waals surface area contributed by atoms with E-state index in [0.717, 1.165) is 32.9 Å². The fourth-order valence-corrected chi connectivity index (χ4v) is 1.89. The summed E-state index contributed by atoms with van der Waals surface area (Å²) in [7, 11) is 1.91. The minimum atomic E-state index is 0.766. The van der Waals surface area contributed by atoms with Gasteiger partial charge in [-0.1, -0.05) is 11.6 Å². The molecule has 15 heavy (non-hydrogen) atoms. The summed E-state index contributed by atoms with van der Waals surface area (Å²) in [5, 5.41) is 5.06. The third-order valence-electron chi connectivity index (χ3n) is 2.57. The van der Waals surface area contributed by atoms with Crippen molar-refractivity contribution >= 4 is 28.2 Å². The standard InChI is InChI=1S/C12H13ClN2/c1-7-6-11(14-3)9-4-5-10(13)8(2)12(9)15-7/h4-6H,1-3H3,(H,14,15). The summed E-state index contributed by atoms with van der Waals surface area (Å²) in [5.74, 6) is 0. The molecule has 0 aliphatic carbocycles. The average Bonchev–Trinajstić information content (AvgIpc) is 2.23. The number of aromatic nitrogens is 1. The zero-order valence-electron chi connectivity index (χ0n) is 9.06. The predicted molar refractivity (Wildman–Crippen MR) is 65.8 cm³/mol. The Balaban J connectivity index is 2.89. The third-order valence-corrected chi connectivity index (χ3v) is 2.98. The minimum Gasteiger partial charge on any atom is -0.388 e. The van der Waals surface area contributed by atoms with Crippen molar-refractivity contribution in [2.45, 2.75) is 13.8 Å². The number of pyridine rings is 1. The van der Waals surface area contributed by atoms with Crippen molar-refractivity contribution in [3.63, 3.8) is 0 Å². The first kappa shape index (κ1) is 10.2. The molecule has 2 nitrogen and oxygen atoms in total. The second kappa shape index (κ2) is 3.70. The highest BCUT2D eigenvalue weighted by molar-refractivity contribution is 6.32. The van der Waals surface area contributed by atoms with Gasteiger partial charge in [-0.3, -0.25) is 4.98 Å². The number of halogens is 1.